The summed E-state index contributed by atoms with van der Waals surface area (Å²) in [4.78, 5) is 4.84. The van der Waals surface area contributed by atoms with E-state index in [1.165, 1.54) is 0 Å². The van der Waals surface area contributed by atoms with E-state index in [2.05, 4.69) is 5.16 Å². The minimum atomic E-state index is 0.571. The number of hydrogen-bond donors (Lipinski definition) is 0. The van der Waals surface area contributed by atoms with E-state index in [0.717, 1.165) is 5.71 Å². The molecule has 9 heavy (non-hydrogen) atoms. The van der Waals surface area contributed by atoms with Crippen LogP contribution >= 0.6 is 0 Å². The highest BCUT2D eigenvalue weighted by molar-refractivity contribution is 5.78. The minimum Gasteiger partial charge on any atom is -0.392 e. The molecule has 0 heterocycles. The molecule has 0 aromatic carbocycles. The van der Waals surface area contributed by atoms with Gasteiger partial charge in [-0.25, -0.2) is 0 Å². The van der Waals surface area contributed by atoms with Gasteiger partial charge in [0.25, 0.3) is 0 Å². The average molecular weight is 127 g/mol. The van der Waals surface area contributed by atoms with Crippen molar-refractivity contribution in [2.24, 2.45) is 5.16 Å². The monoisotopic (exact) mass is 127 g/mol. The predicted octanol–water partition coefficient (Wildman–Crippen LogP) is 1.97. The Morgan fingerprint density at radius 3 is 2.67 bits per heavy atom. The van der Waals surface area contributed by atoms with Crippen LogP contribution in [0.15, 0.2) is 17.3 Å². The molecular formula is C7H13NO. The van der Waals surface area contributed by atoms with Crippen molar-refractivity contribution in [2.75, 3.05) is 6.61 Å². The van der Waals surface area contributed by atoms with Crippen LogP contribution in [0.2, 0.25) is 0 Å². The molecule has 0 bridgehead atoms. The van der Waals surface area contributed by atoms with Gasteiger partial charge in [-0.15, -0.1) is 0 Å². The third-order valence-electron chi connectivity index (χ3n) is 0.654. The smallest absolute Gasteiger partial charge is 0.135 e. The molecule has 0 aliphatic heterocycles. The maximum Gasteiger partial charge on any atom is 0.135 e. The summed E-state index contributed by atoms with van der Waals surface area (Å²) in [5.74, 6) is 0. The Bertz CT molecular complexity index is 112. The lowest BCUT2D eigenvalue weighted by Gasteiger charge is -1.91. The van der Waals surface area contributed by atoms with E-state index in [1.54, 1.807) is 0 Å². The summed E-state index contributed by atoms with van der Waals surface area (Å²) in [6.07, 6.45) is 3.84. The Labute approximate surface area is 56.2 Å². The zero-order chi connectivity index (χ0) is 7.11. The van der Waals surface area contributed by atoms with Crippen LogP contribution in [-0.4, -0.2) is 12.3 Å². The van der Waals surface area contributed by atoms with Crippen molar-refractivity contribution in [1.82, 2.24) is 0 Å². The van der Waals surface area contributed by atoms with Gasteiger partial charge in [-0.05, 0) is 26.8 Å². The van der Waals surface area contributed by atoms with Crippen LogP contribution < -0.4 is 0 Å². The van der Waals surface area contributed by atoms with Crippen LogP contribution in [0.1, 0.15) is 20.8 Å². The fourth-order valence-corrected chi connectivity index (χ4v) is 0.306. The van der Waals surface area contributed by atoms with Gasteiger partial charge in [-0.3, -0.25) is 0 Å². The highest BCUT2D eigenvalue weighted by atomic mass is 16.6. The van der Waals surface area contributed by atoms with Crippen LogP contribution in [0.4, 0.5) is 0 Å². The van der Waals surface area contributed by atoms with Crippen molar-refractivity contribution in [3.05, 3.63) is 12.2 Å². The quantitative estimate of drug-likeness (QED) is 0.246. The Morgan fingerprint density at radius 2 is 2.22 bits per heavy atom. The van der Waals surface area contributed by atoms with Gasteiger partial charge in [0.05, 0.1) is 5.71 Å². The molecule has 0 spiro atoms. The van der Waals surface area contributed by atoms with E-state index >= 15 is 0 Å². The molecule has 52 valence electrons. The fourth-order valence-electron chi connectivity index (χ4n) is 0.306. The lowest BCUT2D eigenvalue weighted by atomic mass is 10.5. The second-order valence-electron chi connectivity index (χ2n) is 1.90. The Morgan fingerprint density at radius 1 is 1.56 bits per heavy atom. The predicted molar refractivity (Wildman–Crippen MR) is 39.5 cm³/mol. The largest absolute Gasteiger partial charge is 0.392 e. The SMILES string of the molecule is CC=CCON=C(C)C. The topological polar surface area (TPSA) is 21.6 Å². The third-order valence-corrected chi connectivity index (χ3v) is 0.654. The first-order valence-electron chi connectivity index (χ1n) is 3.01. The average Bonchev–Trinajstić information content (AvgIpc) is 1.80. The molecule has 0 aromatic heterocycles. The van der Waals surface area contributed by atoms with Crippen LogP contribution in [0.3, 0.4) is 0 Å². The summed E-state index contributed by atoms with van der Waals surface area (Å²) >= 11 is 0. The summed E-state index contributed by atoms with van der Waals surface area (Å²) in [5, 5.41) is 3.73. The summed E-state index contributed by atoms with van der Waals surface area (Å²) in [7, 11) is 0. The molecule has 0 unspecified atom stereocenters. The van der Waals surface area contributed by atoms with E-state index in [0.29, 0.717) is 6.61 Å². The first-order valence-corrected chi connectivity index (χ1v) is 3.01. The molecule has 0 aromatic rings. The molecule has 0 radical (unpaired) electrons. The Balaban J connectivity index is 3.20. The molecule has 0 fully saturated rings. The zero-order valence-corrected chi connectivity index (χ0v) is 6.22. The van der Waals surface area contributed by atoms with Crippen LogP contribution in [0, 0.1) is 0 Å². The van der Waals surface area contributed by atoms with Gasteiger partial charge in [-0.1, -0.05) is 11.2 Å². The van der Waals surface area contributed by atoms with Gasteiger partial charge in [0.2, 0.25) is 0 Å². The standard InChI is InChI=1S/C7H13NO/c1-4-5-6-9-8-7(2)3/h4-5H,6H2,1-3H3. The van der Waals surface area contributed by atoms with Gasteiger partial charge in [0.15, 0.2) is 0 Å². The highest BCUT2D eigenvalue weighted by Gasteiger charge is 1.75. The molecule has 0 saturated carbocycles. The van der Waals surface area contributed by atoms with E-state index in [-0.39, 0.29) is 0 Å². The highest BCUT2D eigenvalue weighted by Crippen LogP contribution is 1.80. The van der Waals surface area contributed by atoms with Gasteiger partial charge < -0.3 is 4.84 Å². The van der Waals surface area contributed by atoms with Crippen LogP contribution in [0.25, 0.3) is 0 Å². The van der Waals surface area contributed by atoms with E-state index in [4.69, 9.17) is 4.84 Å². The summed E-state index contributed by atoms with van der Waals surface area (Å²) in [5.41, 5.74) is 0.944. The molecule has 2 nitrogen and oxygen atoms in total. The summed E-state index contributed by atoms with van der Waals surface area (Å²) in [6.45, 7) is 6.32. The molecular weight excluding hydrogens is 114 g/mol. The number of nitrogens with zero attached hydrogens (tertiary/aromatic N) is 1. The van der Waals surface area contributed by atoms with Gasteiger partial charge in [-0.2, -0.15) is 0 Å². The van der Waals surface area contributed by atoms with Crippen molar-refractivity contribution < 1.29 is 4.84 Å². The number of oxime groups is 1. The minimum absolute atomic E-state index is 0.571. The van der Waals surface area contributed by atoms with Crippen LogP contribution in [-0.2, 0) is 4.84 Å². The van der Waals surface area contributed by atoms with E-state index < -0.39 is 0 Å². The van der Waals surface area contributed by atoms with Crippen LogP contribution in [0.5, 0.6) is 0 Å². The molecule has 0 aliphatic rings. The fraction of sp³-hybridized carbons (Fsp3) is 0.571. The third kappa shape index (κ3) is 7.21. The zero-order valence-electron chi connectivity index (χ0n) is 6.22. The number of rotatable bonds is 3. The second kappa shape index (κ2) is 5.35. The van der Waals surface area contributed by atoms with Crippen molar-refractivity contribution in [3.8, 4) is 0 Å². The van der Waals surface area contributed by atoms with Crippen molar-refractivity contribution in [3.63, 3.8) is 0 Å². The van der Waals surface area contributed by atoms with Crippen molar-refractivity contribution >= 4 is 5.71 Å². The number of allylic oxidation sites excluding steroid dienone is 1. The molecule has 0 N–H and O–H groups in total. The lowest BCUT2D eigenvalue weighted by Crippen LogP contribution is -1.86. The normalized spacial score (nSPS) is 9.67. The van der Waals surface area contributed by atoms with E-state index in [9.17, 15) is 0 Å². The second-order valence-corrected chi connectivity index (χ2v) is 1.90. The maximum absolute atomic E-state index is 4.84. The number of hydrogen-bond acceptors (Lipinski definition) is 2. The Hall–Kier alpha value is -0.790. The summed E-state index contributed by atoms with van der Waals surface area (Å²) in [6, 6.07) is 0. The first kappa shape index (κ1) is 8.21. The molecule has 0 amide bonds. The van der Waals surface area contributed by atoms with Crippen molar-refractivity contribution in [1.29, 1.82) is 0 Å². The lowest BCUT2D eigenvalue weighted by molar-refractivity contribution is 0.174. The van der Waals surface area contributed by atoms with Crippen molar-refractivity contribution in [2.45, 2.75) is 20.8 Å². The van der Waals surface area contributed by atoms with Gasteiger partial charge in [0, 0.05) is 0 Å². The molecule has 2 heteroatoms. The van der Waals surface area contributed by atoms with Gasteiger partial charge >= 0.3 is 0 Å². The van der Waals surface area contributed by atoms with Gasteiger partial charge in [0.1, 0.15) is 6.61 Å². The first-order chi connectivity index (χ1) is 4.27. The molecule has 0 aliphatic carbocycles. The molecule has 0 atom stereocenters. The Kier molecular flexibility index (Phi) is 4.88. The maximum atomic E-state index is 4.84. The van der Waals surface area contributed by atoms with E-state index in [1.807, 2.05) is 32.9 Å². The molecule has 0 rings (SSSR count). The summed E-state index contributed by atoms with van der Waals surface area (Å²) < 4.78 is 0. The molecule has 0 saturated heterocycles.